The summed E-state index contributed by atoms with van der Waals surface area (Å²) in [4.78, 5) is 42.8. The van der Waals surface area contributed by atoms with Crippen LogP contribution in [0.2, 0.25) is 0 Å². The maximum atomic E-state index is 16.3. The zero-order chi connectivity index (χ0) is 30.3. The predicted octanol–water partition coefficient (Wildman–Crippen LogP) is 1.38. The SMILES string of the molecule is CC(C)C[C@@H]1CNc2c(O)c3c(c(F)c2CN1C)C[C@H]1C[C@H]2[C@H](N(C)C)C(=O)C(C(N)=O)=C(O)[C@@]2(O)C(=O)C1=C3O. The van der Waals surface area contributed by atoms with Crippen molar-refractivity contribution in [3.8, 4) is 5.75 Å². The van der Waals surface area contributed by atoms with Crippen molar-refractivity contribution in [1.29, 1.82) is 0 Å². The minimum absolute atomic E-state index is 0.0318. The van der Waals surface area contributed by atoms with Gasteiger partial charge in [-0.2, -0.15) is 0 Å². The molecule has 1 saturated carbocycles. The number of aromatic hydroxyl groups is 1. The van der Waals surface area contributed by atoms with Crippen molar-refractivity contribution in [2.45, 2.75) is 57.3 Å². The lowest BCUT2D eigenvalue weighted by atomic mass is 9.57. The van der Waals surface area contributed by atoms with Gasteiger partial charge in [-0.1, -0.05) is 13.8 Å². The number of halogens is 1. The highest BCUT2D eigenvalue weighted by Crippen LogP contribution is 2.54. The van der Waals surface area contributed by atoms with E-state index in [1.54, 1.807) is 0 Å². The fourth-order valence-corrected chi connectivity index (χ4v) is 7.29. The van der Waals surface area contributed by atoms with Crippen molar-refractivity contribution in [3.05, 3.63) is 39.4 Å². The Morgan fingerprint density at radius 3 is 2.46 bits per heavy atom. The Kier molecular flexibility index (Phi) is 6.95. The van der Waals surface area contributed by atoms with Gasteiger partial charge in [0.25, 0.3) is 5.91 Å². The zero-order valence-corrected chi connectivity index (χ0v) is 23.8. The molecule has 1 heterocycles. The molecule has 1 aromatic rings. The average molecular weight is 573 g/mol. The third-order valence-electron chi connectivity index (χ3n) is 9.21. The maximum absolute atomic E-state index is 16.3. The van der Waals surface area contributed by atoms with E-state index < -0.39 is 69.6 Å². The van der Waals surface area contributed by atoms with Crippen molar-refractivity contribution < 1.29 is 39.2 Å². The van der Waals surface area contributed by atoms with Gasteiger partial charge in [-0.3, -0.25) is 24.2 Å². The van der Waals surface area contributed by atoms with Crippen LogP contribution in [0.15, 0.2) is 16.9 Å². The van der Waals surface area contributed by atoms with Gasteiger partial charge in [-0.15, -0.1) is 0 Å². The molecule has 12 heteroatoms. The standard InChI is InChI=1S/C29H37FN4O7/c1-11(2)6-13-9-32-21-15(10-34(13)5)20(30)14-7-12-8-16-22(33(3)4)25(37)19(28(31)40)27(39)29(16,41)26(38)17(12)23(35)18(14)24(21)36/h11-13,16,22,32,35-36,39,41H,6-10H2,1-5H3,(H2,31,40)/t12-,13+,16-,22-,29-/m0/s1. The smallest absolute Gasteiger partial charge is 0.255 e. The van der Waals surface area contributed by atoms with Crippen molar-refractivity contribution in [1.82, 2.24) is 9.80 Å². The molecule has 3 aliphatic carbocycles. The van der Waals surface area contributed by atoms with E-state index in [1.807, 2.05) is 11.9 Å². The number of carbonyl (C=O) groups is 3. The van der Waals surface area contributed by atoms with E-state index in [1.165, 1.54) is 19.0 Å². The minimum Gasteiger partial charge on any atom is -0.508 e. The first-order valence-corrected chi connectivity index (χ1v) is 13.8. The van der Waals surface area contributed by atoms with Crippen LogP contribution in [-0.2, 0) is 27.3 Å². The largest absolute Gasteiger partial charge is 0.508 e. The molecular formula is C29H37FN4O7. The van der Waals surface area contributed by atoms with Crippen LogP contribution in [0.1, 0.15) is 43.4 Å². The lowest BCUT2D eigenvalue weighted by Gasteiger charge is -2.50. The van der Waals surface area contributed by atoms with E-state index in [-0.39, 0.29) is 53.4 Å². The van der Waals surface area contributed by atoms with Crippen LogP contribution in [0.4, 0.5) is 10.1 Å². The second kappa shape index (κ2) is 9.81. The van der Waals surface area contributed by atoms with Gasteiger partial charge in [0, 0.05) is 41.7 Å². The van der Waals surface area contributed by atoms with E-state index in [0.29, 0.717) is 12.5 Å². The number of fused-ring (bicyclic) bond motifs is 4. The number of hydrogen-bond donors (Lipinski definition) is 6. The summed E-state index contributed by atoms with van der Waals surface area (Å²) in [6, 6.07) is -1.14. The second-order valence-corrected chi connectivity index (χ2v) is 12.4. The van der Waals surface area contributed by atoms with Crippen molar-refractivity contribution in [2.24, 2.45) is 23.5 Å². The second-order valence-electron chi connectivity index (χ2n) is 12.4. The number of likely N-dealkylation sites (N-methyl/N-ethyl adjacent to an activating group) is 2. The Hall–Kier alpha value is -3.48. The van der Waals surface area contributed by atoms with Crippen molar-refractivity contribution in [2.75, 3.05) is 33.0 Å². The Bertz CT molecular complexity index is 1430. The zero-order valence-electron chi connectivity index (χ0n) is 23.8. The van der Waals surface area contributed by atoms with Crippen LogP contribution in [0.5, 0.6) is 5.75 Å². The third-order valence-corrected chi connectivity index (χ3v) is 9.21. The third kappa shape index (κ3) is 4.06. The van der Waals surface area contributed by atoms with Gasteiger partial charge in [0.05, 0.1) is 17.3 Å². The van der Waals surface area contributed by atoms with E-state index >= 15 is 4.39 Å². The van der Waals surface area contributed by atoms with Gasteiger partial charge in [0.2, 0.25) is 5.78 Å². The van der Waals surface area contributed by atoms with Gasteiger partial charge < -0.3 is 31.5 Å². The number of phenols is 1. The number of benzene rings is 1. The molecule has 0 spiro atoms. The number of anilines is 1. The molecule has 0 radical (unpaired) electrons. The molecule has 41 heavy (non-hydrogen) atoms. The molecule has 5 rings (SSSR count). The summed E-state index contributed by atoms with van der Waals surface area (Å²) in [5.74, 6) is -7.84. The molecule has 0 unspecified atom stereocenters. The molecule has 0 saturated heterocycles. The number of primary amides is 1. The van der Waals surface area contributed by atoms with E-state index in [2.05, 4.69) is 19.2 Å². The van der Waals surface area contributed by atoms with Gasteiger partial charge in [-0.25, -0.2) is 4.39 Å². The molecular weight excluding hydrogens is 535 g/mol. The molecule has 5 atom stereocenters. The van der Waals surface area contributed by atoms with Gasteiger partial charge in [-0.05, 0) is 52.2 Å². The lowest BCUT2D eigenvalue weighted by Crippen LogP contribution is -2.65. The van der Waals surface area contributed by atoms with Crippen molar-refractivity contribution >= 4 is 28.9 Å². The molecule has 4 aliphatic rings. The summed E-state index contributed by atoms with van der Waals surface area (Å²) in [5, 5.41) is 48.6. The molecule has 7 N–H and O–H groups in total. The average Bonchev–Trinajstić information content (AvgIpc) is 3.03. The number of aliphatic hydroxyl groups excluding tert-OH is 2. The van der Waals surface area contributed by atoms with Crippen LogP contribution in [-0.4, -0.2) is 93.1 Å². The van der Waals surface area contributed by atoms with E-state index in [0.717, 1.165) is 6.42 Å². The van der Waals surface area contributed by atoms with Gasteiger partial charge in [0.1, 0.15) is 28.7 Å². The molecule has 0 bridgehead atoms. The molecule has 1 amide bonds. The number of nitrogens with one attached hydrogen (secondary N) is 1. The number of amides is 1. The summed E-state index contributed by atoms with van der Waals surface area (Å²) in [6.45, 7) is 4.81. The fourth-order valence-electron chi connectivity index (χ4n) is 7.29. The number of nitrogens with zero attached hydrogens (tertiary/aromatic N) is 2. The van der Waals surface area contributed by atoms with Crippen LogP contribution in [0.25, 0.3) is 5.76 Å². The van der Waals surface area contributed by atoms with Crippen molar-refractivity contribution in [3.63, 3.8) is 0 Å². The number of phenolic OH excluding ortho intramolecular Hbond substituents is 1. The molecule has 11 nitrogen and oxygen atoms in total. The van der Waals surface area contributed by atoms with E-state index in [9.17, 15) is 34.8 Å². The number of carbonyl (C=O) groups excluding carboxylic acids is 3. The lowest BCUT2D eigenvalue weighted by molar-refractivity contribution is -0.153. The van der Waals surface area contributed by atoms with Crippen LogP contribution < -0.4 is 11.1 Å². The Morgan fingerprint density at radius 1 is 1.22 bits per heavy atom. The molecule has 1 fully saturated rings. The van der Waals surface area contributed by atoms with Gasteiger partial charge in [0.15, 0.2) is 11.4 Å². The maximum Gasteiger partial charge on any atom is 0.255 e. The normalized spacial score (nSPS) is 30.1. The monoisotopic (exact) mass is 572 g/mol. The molecule has 1 aromatic carbocycles. The quantitative estimate of drug-likeness (QED) is 0.228. The van der Waals surface area contributed by atoms with Crippen LogP contribution in [0.3, 0.4) is 0 Å². The Morgan fingerprint density at radius 2 is 1.88 bits per heavy atom. The summed E-state index contributed by atoms with van der Waals surface area (Å²) < 4.78 is 16.3. The minimum atomic E-state index is -2.74. The molecule has 222 valence electrons. The Labute approximate surface area is 237 Å². The molecule has 0 aromatic heterocycles. The number of Topliss-reactive ketones (excluding diaryl/α,β-unsaturated/α-hetero) is 2. The highest BCUT2D eigenvalue weighted by Gasteiger charge is 2.64. The van der Waals surface area contributed by atoms with Gasteiger partial charge >= 0.3 is 0 Å². The first-order valence-electron chi connectivity index (χ1n) is 13.8. The van der Waals surface area contributed by atoms with Crippen LogP contribution in [0, 0.1) is 23.6 Å². The summed E-state index contributed by atoms with van der Waals surface area (Å²) in [6.07, 6.45) is 0.638. The summed E-state index contributed by atoms with van der Waals surface area (Å²) in [5.41, 5.74) is 1.57. The Balaban J connectivity index is 1.68. The first kappa shape index (κ1) is 29.0. The summed E-state index contributed by atoms with van der Waals surface area (Å²) in [7, 11) is 4.94. The van der Waals surface area contributed by atoms with Crippen LogP contribution >= 0.6 is 0 Å². The highest BCUT2D eigenvalue weighted by atomic mass is 19.1. The molecule has 1 aliphatic heterocycles. The predicted molar refractivity (Wildman–Crippen MR) is 147 cm³/mol. The number of ketones is 2. The number of rotatable bonds is 4. The number of aliphatic hydroxyl groups is 3. The number of hydrogen-bond acceptors (Lipinski definition) is 10. The topological polar surface area (TPSA) is 177 Å². The number of nitrogens with two attached hydrogens (primary N) is 1. The fraction of sp³-hybridized carbons (Fsp3) is 0.552. The van der Waals surface area contributed by atoms with E-state index in [4.69, 9.17) is 5.73 Å². The highest BCUT2D eigenvalue weighted by molar-refractivity contribution is 6.24. The first-order chi connectivity index (χ1) is 19.1. The summed E-state index contributed by atoms with van der Waals surface area (Å²) >= 11 is 0.